The summed E-state index contributed by atoms with van der Waals surface area (Å²) in [7, 11) is 0. The summed E-state index contributed by atoms with van der Waals surface area (Å²) in [5.41, 5.74) is 15.6. The van der Waals surface area contributed by atoms with Crippen molar-refractivity contribution in [2.45, 2.75) is 0 Å². The third-order valence-electron chi connectivity index (χ3n) is 9.67. The quantitative estimate of drug-likeness (QED) is 0.160. The highest BCUT2D eigenvalue weighted by Crippen LogP contribution is 2.42. The van der Waals surface area contributed by atoms with E-state index >= 15 is 0 Å². The van der Waals surface area contributed by atoms with Crippen LogP contribution in [0.1, 0.15) is 0 Å². The van der Waals surface area contributed by atoms with Crippen LogP contribution in [0.25, 0.3) is 66.9 Å². The highest BCUT2D eigenvalue weighted by atomic mass is 15.1. The molecule has 53 heavy (non-hydrogen) atoms. The van der Waals surface area contributed by atoms with Gasteiger partial charge < -0.3 is 4.90 Å². The second-order valence-electron chi connectivity index (χ2n) is 13.0. The third-order valence-corrected chi connectivity index (χ3v) is 9.67. The molecule has 0 aliphatic heterocycles. The van der Waals surface area contributed by atoms with Crippen LogP contribution in [0, 0.1) is 0 Å². The molecule has 0 saturated heterocycles. The average molecular weight is 678 g/mol. The molecule has 0 spiro atoms. The highest BCUT2D eigenvalue weighted by Gasteiger charge is 2.19. The Kier molecular flexibility index (Phi) is 8.57. The SMILES string of the molecule is c1ccc(-c2ccccc2-c2cc3nc(-c4ccccc4)c(-c4ccc(N(c5ccccc5)c5ccccc5)cc4)nc3cc2-c2ccccc2)cc1. The number of rotatable bonds is 8. The average Bonchev–Trinajstić information content (AvgIpc) is 3.25. The van der Waals surface area contributed by atoms with E-state index in [1.165, 1.54) is 11.1 Å². The maximum atomic E-state index is 5.44. The molecule has 3 heteroatoms. The number of fused-ring (bicyclic) bond motifs is 1. The third kappa shape index (κ3) is 6.37. The minimum absolute atomic E-state index is 0.845. The van der Waals surface area contributed by atoms with Crippen LogP contribution >= 0.6 is 0 Å². The first-order chi connectivity index (χ1) is 26.3. The van der Waals surface area contributed by atoms with E-state index in [-0.39, 0.29) is 0 Å². The van der Waals surface area contributed by atoms with Crippen LogP contribution < -0.4 is 4.90 Å². The van der Waals surface area contributed by atoms with Gasteiger partial charge in [0.05, 0.1) is 22.4 Å². The van der Waals surface area contributed by atoms with Crippen LogP contribution in [-0.2, 0) is 0 Å². The predicted molar refractivity (Wildman–Crippen MR) is 221 cm³/mol. The molecule has 9 rings (SSSR count). The van der Waals surface area contributed by atoms with Crippen molar-refractivity contribution in [1.29, 1.82) is 0 Å². The zero-order chi connectivity index (χ0) is 35.4. The fourth-order valence-electron chi connectivity index (χ4n) is 7.14. The number of hydrogen-bond donors (Lipinski definition) is 0. The minimum Gasteiger partial charge on any atom is -0.311 e. The normalized spacial score (nSPS) is 11.0. The lowest BCUT2D eigenvalue weighted by molar-refractivity contribution is 1.27. The van der Waals surface area contributed by atoms with E-state index in [4.69, 9.17) is 9.97 Å². The first-order valence-electron chi connectivity index (χ1n) is 17.9. The monoisotopic (exact) mass is 677 g/mol. The lowest BCUT2D eigenvalue weighted by Gasteiger charge is -2.25. The molecule has 0 atom stereocenters. The van der Waals surface area contributed by atoms with Crippen LogP contribution in [0.3, 0.4) is 0 Å². The number of hydrogen-bond acceptors (Lipinski definition) is 3. The molecule has 3 nitrogen and oxygen atoms in total. The maximum Gasteiger partial charge on any atom is 0.0973 e. The van der Waals surface area contributed by atoms with Gasteiger partial charge in [-0.2, -0.15) is 0 Å². The van der Waals surface area contributed by atoms with Gasteiger partial charge in [0.1, 0.15) is 0 Å². The van der Waals surface area contributed by atoms with E-state index < -0.39 is 0 Å². The summed E-state index contributed by atoms with van der Waals surface area (Å²) in [6.07, 6.45) is 0. The number of para-hydroxylation sites is 2. The molecule has 1 heterocycles. The van der Waals surface area contributed by atoms with Gasteiger partial charge in [-0.25, -0.2) is 9.97 Å². The summed E-state index contributed by atoms with van der Waals surface area (Å²) in [4.78, 5) is 13.1. The van der Waals surface area contributed by atoms with E-state index in [2.05, 4.69) is 199 Å². The van der Waals surface area contributed by atoms with Gasteiger partial charge in [-0.3, -0.25) is 0 Å². The van der Waals surface area contributed by atoms with Crippen molar-refractivity contribution < 1.29 is 0 Å². The Bertz CT molecular complexity index is 2580. The Hall–Kier alpha value is -7.10. The first-order valence-corrected chi connectivity index (χ1v) is 17.9. The lowest BCUT2D eigenvalue weighted by atomic mass is 9.89. The zero-order valence-electron chi connectivity index (χ0n) is 29.0. The smallest absolute Gasteiger partial charge is 0.0973 e. The molecule has 8 aromatic carbocycles. The fraction of sp³-hybridized carbons (Fsp3) is 0. The minimum atomic E-state index is 0.845. The Labute approximate surface area is 310 Å². The number of anilines is 3. The summed E-state index contributed by atoms with van der Waals surface area (Å²) >= 11 is 0. The van der Waals surface area contributed by atoms with Crippen LogP contribution in [0.4, 0.5) is 17.1 Å². The molecule has 0 saturated carbocycles. The molecule has 0 N–H and O–H groups in total. The Morgan fingerprint density at radius 2 is 0.623 bits per heavy atom. The molecule has 0 aliphatic rings. The van der Waals surface area contributed by atoms with E-state index in [1.54, 1.807) is 0 Å². The van der Waals surface area contributed by atoms with Gasteiger partial charge in [0.2, 0.25) is 0 Å². The lowest BCUT2D eigenvalue weighted by Crippen LogP contribution is -2.09. The van der Waals surface area contributed by atoms with Crippen LogP contribution in [0.15, 0.2) is 212 Å². The summed E-state index contributed by atoms with van der Waals surface area (Å²) in [6, 6.07) is 74.3. The first kappa shape index (κ1) is 31.9. The molecule has 0 aliphatic carbocycles. The van der Waals surface area contributed by atoms with Crippen molar-refractivity contribution in [1.82, 2.24) is 9.97 Å². The fourth-order valence-corrected chi connectivity index (χ4v) is 7.14. The summed E-state index contributed by atoms with van der Waals surface area (Å²) in [5, 5.41) is 0. The molecular weight excluding hydrogens is 643 g/mol. The second kappa shape index (κ2) is 14.3. The highest BCUT2D eigenvalue weighted by molar-refractivity contribution is 5.99. The van der Waals surface area contributed by atoms with Crippen LogP contribution in [-0.4, -0.2) is 9.97 Å². The van der Waals surface area contributed by atoms with Crippen molar-refractivity contribution in [2.24, 2.45) is 0 Å². The molecule has 0 amide bonds. The molecule has 0 radical (unpaired) electrons. The van der Waals surface area contributed by atoms with Crippen LogP contribution in [0.5, 0.6) is 0 Å². The van der Waals surface area contributed by atoms with E-state index in [0.29, 0.717) is 0 Å². The Morgan fingerprint density at radius 1 is 0.264 bits per heavy atom. The Balaban J connectivity index is 1.23. The Morgan fingerprint density at radius 3 is 1.13 bits per heavy atom. The predicted octanol–water partition coefficient (Wildman–Crippen LogP) is 13.4. The molecule has 0 bridgehead atoms. The van der Waals surface area contributed by atoms with Gasteiger partial charge in [0.25, 0.3) is 0 Å². The van der Waals surface area contributed by atoms with Gasteiger partial charge in [0, 0.05) is 28.2 Å². The largest absolute Gasteiger partial charge is 0.311 e. The van der Waals surface area contributed by atoms with Crippen LogP contribution in [0.2, 0.25) is 0 Å². The molecule has 9 aromatic rings. The van der Waals surface area contributed by atoms with Gasteiger partial charge in [-0.1, -0.05) is 164 Å². The van der Waals surface area contributed by atoms with E-state index in [1.807, 2.05) is 18.2 Å². The van der Waals surface area contributed by atoms with E-state index in [0.717, 1.165) is 72.9 Å². The number of nitrogens with zero attached hydrogens (tertiary/aromatic N) is 3. The van der Waals surface area contributed by atoms with Crippen molar-refractivity contribution >= 4 is 28.1 Å². The second-order valence-corrected chi connectivity index (χ2v) is 13.0. The van der Waals surface area contributed by atoms with Crippen molar-refractivity contribution in [2.75, 3.05) is 4.90 Å². The standard InChI is InChI=1S/C50H35N3/c1-6-18-36(19-7-1)43-28-16-17-29-44(43)46-35-48-47(34-45(46)37-20-8-2-9-21-37)51-50(49(52-48)38-22-10-3-11-23-38)39-30-32-42(33-31-39)53(40-24-12-4-13-25-40)41-26-14-5-15-27-41/h1-35H. The van der Waals surface area contributed by atoms with Crippen molar-refractivity contribution in [3.8, 4) is 55.9 Å². The molecular formula is C50H35N3. The van der Waals surface area contributed by atoms with Gasteiger partial charge in [-0.15, -0.1) is 0 Å². The van der Waals surface area contributed by atoms with Crippen molar-refractivity contribution in [3.63, 3.8) is 0 Å². The summed E-state index contributed by atoms with van der Waals surface area (Å²) in [6.45, 7) is 0. The molecule has 0 unspecified atom stereocenters. The summed E-state index contributed by atoms with van der Waals surface area (Å²) < 4.78 is 0. The van der Waals surface area contributed by atoms with Crippen molar-refractivity contribution in [3.05, 3.63) is 212 Å². The topological polar surface area (TPSA) is 29.0 Å². The maximum absolute atomic E-state index is 5.44. The number of benzene rings is 8. The van der Waals surface area contributed by atoms with Gasteiger partial charge in [-0.05, 0) is 81.9 Å². The summed E-state index contributed by atoms with van der Waals surface area (Å²) in [5.74, 6) is 0. The van der Waals surface area contributed by atoms with Gasteiger partial charge >= 0.3 is 0 Å². The molecule has 1 aromatic heterocycles. The van der Waals surface area contributed by atoms with E-state index in [9.17, 15) is 0 Å². The molecule has 250 valence electrons. The molecule has 0 fully saturated rings. The number of aromatic nitrogens is 2. The van der Waals surface area contributed by atoms with Gasteiger partial charge in [0.15, 0.2) is 0 Å². The zero-order valence-corrected chi connectivity index (χ0v) is 29.0.